The molecule has 0 bridgehead atoms. The average Bonchev–Trinajstić information content (AvgIpc) is 2.16. The van der Waals surface area contributed by atoms with Gasteiger partial charge in [0.1, 0.15) is 0 Å². The second kappa shape index (κ2) is 6.03. The first-order chi connectivity index (χ1) is 7.61. The second-order valence-electron chi connectivity index (χ2n) is 5.65. The van der Waals surface area contributed by atoms with Crippen LogP contribution in [-0.4, -0.2) is 23.0 Å². The molecule has 0 saturated carbocycles. The number of hydrogen-bond acceptors (Lipinski definition) is 2. The van der Waals surface area contributed by atoms with Gasteiger partial charge < -0.3 is 10.4 Å². The van der Waals surface area contributed by atoms with Gasteiger partial charge in [-0.2, -0.15) is 0 Å². The molecule has 17 heavy (non-hydrogen) atoms. The summed E-state index contributed by atoms with van der Waals surface area (Å²) in [5.74, 6) is -0.848. The van der Waals surface area contributed by atoms with E-state index in [1.165, 1.54) is 0 Å². The lowest BCUT2D eigenvalue weighted by Crippen LogP contribution is -2.42. The normalized spacial score (nSPS) is 16.7. The fraction of sp³-hybridized carbons (Fsp3) is 0.846. The third-order valence-corrected chi connectivity index (χ3v) is 3.68. The van der Waals surface area contributed by atoms with Crippen molar-refractivity contribution in [1.82, 2.24) is 5.32 Å². The van der Waals surface area contributed by atoms with Crippen LogP contribution in [-0.2, 0) is 9.59 Å². The largest absolute Gasteiger partial charge is 0.481 e. The predicted molar refractivity (Wildman–Crippen MR) is 67.6 cm³/mol. The monoisotopic (exact) mass is 243 g/mol. The van der Waals surface area contributed by atoms with Crippen LogP contribution in [0, 0.1) is 17.3 Å². The van der Waals surface area contributed by atoms with Gasteiger partial charge in [0.25, 0.3) is 0 Å². The highest BCUT2D eigenvalue weighted by Gasteiger charge is 2.38. The van der Waals surface area contributed by atoms with Gasteiger partial charge in [-0.3, -0.25) is 9.59 Å². The van der Waals surface area contributed by atoms with Crippen LogP contribution in [0.4, 0.5) is 0 Å². The third kappa shape index (κ3) is 4.36. The van der Waals surface area contributed by atoms with Crippen molar-refractivity contribution in [3.63, 3.8) is 0 Å². The summed E-state index contributed by atoms with van der Waals surface area (Å²) in [6.07, 6.45) is 0.0249. The van der Waals surface area contributed by atoms with E-state index in [0.29, 0.717) is 5.92 Å². The van der Waals surface area contributed by atoms with Gasteiger partial charge in [0.15, 0.2) is 0 Å². The molecule has 0 saturated heterocycles. The van der Waals surface area contributed by atoms with Crippen LogP contribution < -0.4 is 5.32 Å². The molecule has 0 aromatic carbocycles. The summed E-state index contributed by atoms with van der Waals surface area (Å²) >= 11 is 0. The van der Waals surface area contributed by atoms with Gasteiger partial charge in [-0.1, -0.05) is 27.7 Å². The maximum atomic E-state index is 11.8. The topological polar surface area (TPSA) is 66.4 Å². The molecule has 0 aliphatic heterocycles. The summed E-state index contributed by atoms with van der Waals surface area (Å²) in [6, 6.07) is 0.0627. The van der Waals surface area contributed by atoms with Crippen molar-refractivity contribution in [2.45, 2.75) is 54.0 Å². The number of nitrogens with one attached hydrogen (secondary N) is 1. The van der Waals surface area contributed by atoms with Gasteiger partial charge in [-0.05, 0) is 25.7 Å². The lowest BCUT2D eigenvalue weighted by Gasteiger charge is -2.29. The van der Waals surface area contributed by atoms with Crippen LogP contribution >= 0.6 is 0 Å². The Morgan fingerprint density at radius 2 is 1.65 bits per heavy atom. The average molecular weight is 243 g/mol. The Hall–Kier alpha value is -1.06. The van der Waals surface area contributed by atoms with Crippen LogP contribution in [0.3, 0.4) is 0 Å². The molecule has 4 heteroatoms. The number of aliphatic carboxylic acids is 1. The highest BCUT2D eigenvalue weighted by atomic mass is 16.4. The van der Waals surface area contributed by atoms with Crippen LogP contribution in [0.2, 0.25) is 0 Å². The Labute approximate surface area is 104 Å². The van der Waals surface area contributed by atoms with E-state index >= 15 is 0 Å². The molecule has 0 aromatic heterocycles. The molecule has 4 nitrogen and oxygen atoms in total. The Kier molecular flexibility index (Phi) is 5.66. The van der Waals surface area contributed by atoms with Gasteiger partial charge in [-0.25, -0.2) is 0 Å². The summed E-state index contributed by atoms with van der Waals surface area (Å²) in [5.41, 5.74) is -0.999. The Bertz CT molecular complexity index is 286. The van der Waals surface area contributed by atoms with E-state index in [4.69, 9.17) is 0 Å². The van der Waals surface area contributed by atoms with E-state index in [1.54, 1.807) is 6.92 Å². The number of hydrogen-bond donors (Lipinski definition) is 2. The molecule has 0 aromatic rings. The van der Waals surface area contributed by atoms with Crippen molar-refractivity contribution < 1.29 is 14.7 Å². The third-order valence-electron chi connectivity index (χ3n) is 3.68. The second-order valence-corrected chi connectivity index (χ2v) is 5.65. The summed E-state index contributed by atoms with van der Waals surface area (Å²) in [6.45, 7) is 11.2. The van der Waals surface area contributed by atoms with Crippen molar-refractivity contribution >= 4 is 11.9 Å². The number of carboxylic acids is 1. The number of carbonyl (C=O) groups excluding carboxylic acids is 1. The van der Waals surface area contributed by atoms with E-state index in [1.807, 2.05) is 34.6 Å². The van der Waals surface area contributed by atoms with E-state index < -0.39 is 11.4 Å². The maximum absolute atomic E-state index is 11.8. The van der Waals surface area contributed by atoms with Crippen molar-refractivity contribution in [1.29, 1.82) is 0 Å². The van der Waals surface area contributed by atoms with Gasteiger partial charge >= 0.3 is 5.97 Å². The van der Waals surface area contributed by atoms with Gasteiger partial charge in [0.05, 0.1) is 5.41 Å². The first-order valence-corrected chi connectivity index (χ1v) is 6.14. The zero-order valence-corrected chi connectivity index (χ0v) is 11.7. The molecule has 0 aliphatic carbocycles. The fourth-order valence-corrected chi connectivity index (χ4v) is 1.33. The standard InChI is InChI=1S/C13H25NO3/c1-8(2)10(5)14-11(15)7-13(6,9(3)4)12(16)17/h8-10H,7H2,1-6H3,(H,14,15)(H,16,17). The highest BCUT2D eigenvalue weighted by Crippen LogP contribution is 2.31. The molecule has 100 valence electrons. The SMILES string of the molecule is CC(C)C(C)NC(=O)CC(C)(C(=O)O)C(C)C. The predicted octanol–water partition coefficient (Wildman–Crippen LogP) is 2.28. The molecule has 0 fully saturated rings. The summed E-state index contributed by atoms with van der Waals surface area (Å²) in [4.78, 5) is 23.0. The molecule has 2 unspecified atom stereocenters. The highest BCUT2D eigenvalue weighted by molar-refractivity contribution is 5.85. The summed E-state index contributed by atoms with van der Waals surface area (Å²) < 4.78 is 0. The first-order valence-electron chi connectivity index (χ1n) is 6.14. The molecular weight excluding hydrogens is 218 g/mol. The van der Waals surface area contributed by atoms with E-state index in [2.05, 4.69) is 5.32 Å². The molecule has 2 atom stereocenters. The molecule has 0 aliphatic rings. The van der Waals surface area contributed by atoms with E-state index in [9.17, 15) is 14.7 Å². The van der Waals surface area contributed by atoms with Crippen molar-refractivity contribution in [2.24, 2.45) is 17.3 Å². The van der Waals surface area contributed by atoms with Crippen LogP contribution in [0.1, 0.15) is 48.0 Å². The zero-order chi connectivity index (χ0) is 13.8. The number of carbonyl (C=O) groups is 2. The molecule has 0 radical (unpaired) electrons. The minimum absolute atomic E-state index is 0.0249. The Morgan fingerprint density at radius 3 is 1.94 bits per heavy atom. The van der Waals surface area contributed by atoms with E-state index in [-0.39, 0.29) is 24.3 Å². The molecule has 0 heterocycles. The summed E-state index contributed by atoms with van der Waals surface area (Å²) in [5, 5.41) is 12.1. The summed E-state index contributed by atoms with van der Waals surface area (Å²) in [7, 11) is 0. The van der Waals surface area contributed by atoms with E-state index in [0.717, 1.165) is 0 Å². The first kappa shape index (κ1) is 15.9. The Morgan fingerprint density at radius 1 is 1.18 bits per heavy atom. The number of rotatable bonds is 6. The van der Waals surface area contributed by atoms with Crippen LogP contribution in [0.5, 0.6) is 0 Å². The number of carboxylic acid groups (broad SMARTS) is 1. The molecule has 1 amide bonds. The zero-order valence-electron chi connectivity index (χ0n) is 11.7. The van der Waals surface area contributed by atoms with Crippen LogP contribution in [0.25, 0.3) is 0 Å². The minimum atomic E-state index is -0.999. The van der Waals surface area contributed by atoms with Gasteiger partial charge in [0.2, 0.25) is 5.91 Å². The van der Waals surface area contributed by atoms with Crippen molar-refractivity contribution in [3.8, 4) is 0 Å². The smallest absolute Gasteiger partial charge is 0.310 e. The van der Waals surface area contributed by atoms with Crippen molar-refractivity contribution in [3.05, 3.63) is 0 Å². The maximum Gasteiger partial charge on any atom is 0.310 e. The van der Waals surface area contributed by atoms with Crippen molar-refractivity contribution in [2.75, 3.05) is 0 Å². The lowest BCUT2D eigenvalue weighted by molar-refractivity contribution is -0.153. The van der Waals surface area contributed by atoms with Gasteiger partial charge in [-0.15, -0.1) is 0 Å². The number of amides is 1. The Balaban J connectivity index is 4.59. The minimum Gasteiger partial charge on any atom is -0.481 e. The molecule has 2 N–H and O–H groups in total. The quantitative estimate of drug-likeness (QED) is 0.752. The lowest BCUT2D eigenvalue weighted by atomic mass is 9.76. The molecular formula is C13H25NO3. The van der Waals surface area contributed by atoms with Crippen LogP contribution in [0.15, 0.2) is 0 Å². The molecule has 0 spiro atoms. The molecule has 0 rings (SSSR count). The van der Waals surface area contributed by atoms with Gasteiger partial charge in [0, 0.05) is 12.5 Å². The fourth-order valence-electron chi connectivity index (χ4n) is 1.33.